The van der Waals surface area contributed by atoms with Gasteiger partial charge in [0.2, 0.25) is 0 Å². The lowest BCUT2D eigenvalue weighted by molar-refractivity contribution is -0.135. The van der Waals surface area contributed by atoms with Crippen LogP contribution < -0.4 is 0 Å². The molecule has 1 saturated carbocycles. The van der Waals surface area contributed by atoms with E-state index in [2.05, 4.69) is 0 Å². The minimum Gasteiger partial charge on any atom is -0.385 e. The SMILES string of the molecule is Cc1ccccc1C1(C)CCCC(O)C1=O. The molecule has 2 nitrogen and oxygen atoms in total. The van der Waals surface area contributed by atoms with E-state index < -0.39 is 11.5 Å². The van der Waals surface area contributed by atoms with E-state index in [4.69, 9.17) is 0 Å². The number of hydrogen-bond acceptors (Lipinski definition) is 2. The van der Waals surface area contributed by atoms with Crippen LogP contribution in [0.15, 0.2) is 24.3 Å². The van der Waals surface area contributed by atoms with Gasteiger partial charge in [-0.05, 0) is 44.2 Å². The first kappa shape index (κ1) is 11.3. The predicted octanol–water partition coefficient (Wildman–Crippen LogP) is 2.37. The molecule has 2 heteroatoms. The van der Waals surface area contributed by atoms with Gasteiger partial charge in [0, 0.05) is 0 Å². The molecular formula is C14H18O2. The molecule has 1 aromatic rings. The van der Waals surface area contributed by atoms with Crippen molar-refractivity contribution >= 4 is 5.78 Å². The number of carbonyl (C=O) groups excluding carboxylic acids is 1. The number of carbonyl (C=O) groups is 1. The Labute approximate surface area is 96.3 Å². The summed E-state index contributed by atoms with van der Waals surface area (Å²) in [5.74, 6) is -0.0203. The monoisotopic (exact) mass is 218 g/mol. The number of ketones is 1. The molecule has 0 aliphatic heterocycles. The third kappa shape index (κ3) is 1.67. The maximum Gasteiger partial charge on any atom is 0.171 e. The van der Waals surface area contributed by atoms with Crippen LogP contribution in [0.5, 0.6) is 0 Å². The van der Waals surface area contributed by atoms with Crippen LogP contribution in [-0.2, 0) is 10.2 Å². The molecule has 0 heterocycles. The Bertz CT molecular complexity index is 411. The van der Waals surface area contributed by atoms with Crippen LogP contribution in [0.2, 0.25) is 0 Å². The highest BCUT2D eigenvalue weighted by atomic mass is 16.3. The lowest BCUT2D eigenvalue weighted by Gasteiger charge is -2.36. The first-order valence-electron chi connectivity index (χ1n) is 5.84. The van der Waals surface area contributed by atoms with E-state index in [9.17, 15) is 9.90 Å². The number of Topliss-reactive ketones (excluding diaryl/α,β-unsaturated/α-hetero) is 1. The Morgan fingerprint density at radius 2 is 2.06 bits per heavy atom. The molecule has 1 aliphatic carbocycles. The highest BCUT2D eigenvalue weighted by Crippen LogP contribution is 2.37. The summed E-state index contributed by atoms with van der Waals surface area (Å²) >= 11 is 0. The van der Waals surface area contributed by atoms with E-state index >= 15 is 0 Å². The fraction of sp³-hybridized carbons (Fsp3) is 0.500. The number of benzene rings is 1. The molecule has 1 aromatic carbocycles. The van der Waals surface area contributed by atoms with Gasteiger partial charge in [-0.1, -0.05) is 24.3 Å². The molecule has 86 valence electrons. The summed E-state index contributed by atoms with van der Waals surface area (Å²) in [6.45, 7) is 3.98. The first-order chi connectivity index (χ1) is 7.55. The molecule has 1 fully saturated rings. The van der Waals surface area contributed by atoms with Crippen molar-refractivity contribution in [3.8, 4) is 0 Å². The third-order valence-corrected chi connectivity index (χ3v) is 3.74. The molecule has 0 bridgehead atoms. The molecule has 0 radical (unpaired) electrons. The highest BCUT2D eigenvalue weighted by molar-refractivity contribution is 5.94. The largest absolute Gasteiger partial charge is 0.385 e. The topological polar surface area (TPSA) is 37.3 Å². The minimum atomic E-state index is -0.779. The average molecular weight is 218 g/mol. The zero-order chi connectivity index (χ0) is 11.8. The number of hydrogen-bond donors (Lipinski definition) is 1. The van der Waals surface area contributed by atoms with Crippen LogP contribution in [0.3, 0.4) is 0 Å². The van der Waals surface area contributed by atoms with Crippen molar-refractivity contribution in [3.63, 3.8) is 0 Å². The highest BCUT2D eigenvalue weighted by Gasteiger charge is 2.42. The van der Waals surface area contributed by atoms with Crippen LogP contribution in [0.1, 0.15) is 37.3 Å². The maximum absolute atomic E-state index is 12.1. The second-order valence-electron chi connectivity index (χ2n) is 4.92. The Hall–Kier alpha value is -1.15. The summed E-state index contributed by atoms with van der Waals surface area (Å²) in [6.07, 6.45) is 1.59. The second-order valence-corrected chi connectivity index (χ2v) is 4.92. The van der Waals surface area contributed by atoms with Crippen LogP contribution in [-0.4, -0.2) is 17.0 Å². The van der Waals surface area contributed by atoms with E-state index in [1.54, 1.807) is 0 Å². The lowest BCUT2D eigenvalue weighted by atomic mass is 9.68. The van der Waals surface area contributed by atoms with Gasteiger partial charge in [-0.2, -0.15) is 0 Å². The fourth-order valence-electron chi connectivity index (χ4n) is 2.73. The Morgan fingerprint density at radius 1 is 1.38 bits per heavy atom. The zero-order valence-electron chi connectivity index (χ0n) is 9.86. The summed E-state index contributed by atoms with van der Waals surface area (Å²) in [5.41, 5.74) is 1.70. The van der Waals surface area contributed by atoms with Gasteiger partial charge in [-0.25, -0.2) is 0 Å². The summed E-state index contributed by atoms with van der Waals surface area (Å²) in [7, 11) is 0. The third-order valence-electron chi connectivity index (χ3n) is 3.74. The van der Waals surface area contributed by atoms with Gasteiger partial charge in [-0.15, -0.1) is 0 Å². The van der Waals surface area contributed by atoms with E-state index in [1.807, 2.05) is 38.1 Å². The van der Waals surface area contributed by atoms with Crippen LogP contribution in [0.25, 0.3) is 0 Å². The summed E-state index contributed by atoms with van der Waals surface area (Å²) in [5, 5.41) is 9.72. The molecule has 0 spiro atoms. The number of aryl methyl sites for hydroxylation is 1. The quantitative estimate of drug-likeness (QED) is 0.785. The van der Waals surface area contributed by atoms with Crippen molar-refractivity contribution in [2.45, 2.75) is 44.6 Å². The smallest absolute Gasteiger partial charge is 0.171 e. The summed E-state index contributed by atoms with van der Waals surface area (Å²) in [6, 6.07) is 7.97. The lowest BCUT2D eigenvalue weighted by Crippen LogP contribution is -2.44. The zero-order valence-corrected chi connectivity index (χ0v) is 9.86. The molecule has 16 heavy (non-hydrogen) atoms. The predicted molar refractivity (Wildman–Crippen MR) is 63.4 cm³/mol. The molecule has 1 N–H and O–H groups in total. The summed E-state index contributed by atoms with van der Waals surface area (Å²) in [4.78, 5) is 12.1. The molecule has 2 atom stereocenters. The normalized spacial score (nSPS) is 30.4. The molecular weight excluding hydrogens is 200 g/mol. The Balaban J connectivity index is 2.45. The first-order valence-corrected chi connectivity index (χ1v) is 5.84. The average Bonchev–Trinajstić information content (AvgIpc) is 2.26. The number of aliphatic hydroxyl groups is 1. The van der Waals surface area contributed by atoms with Crippen molar-refractivity contribution in [2.75, 3.05) is 0 Å². The number of rotatable bonds is 1. The molecule has 0 aromatic heterocycles. The van der Waals surface area contributed by atoms with E-state index in [1.165, 1.54) is 0 Å². The van der Waals surface area contributed by atoms with Gasteiger partial charge in [0.25, 0.3) is 0 Å². The molecule has 0 saturated heterocycles. The fourth-order valence-corrected chi connectivity index (χ4v) is 2.73. The van der Waals surface area contributed by atoms with Crippen molar-refractivity contribution in [2.24, 2.45) is 0 Å². The van der Waals surface area contributed by atoms with Gasteiger partial charge in [-0.3, -0.25) is 4.79 Å². The van der Waals surface area contributed by atoms with Crippen LogP contribution in [0, 0.1) is 6.92 Å². The van der Waals surface area contributed by atoms with Crippen molar-refractivity contribution < 1.29 is 9.90 Å². The van der Waals surface area contributed by atoms with Gasteiger partial charge in [0.15, 0.2) is 5.78 Å². The van der Waals surface area contributed by atoms with Crippen molar-refractivity contribution in [3.05, 3.63) is 35.4 Å². The minimum absolute atomic E-state index is 0.0203. The van der Waals surface area contributed by atoms with E-state index in [0.29, 0.717) is 6.42 Å². The summed E-state index contributed by atoms with van der Waals surface area (Å²) < 4.78 is 0. The second kappa shape index (κ2) is 4.02. The van der Waals surface area contributed by atoms with Crippen molar-refractivity contribution in [1.29, 1.82) is 0 Å². The van der Waals surface area contributed by atoms with Crippen molar-refractivity contribution in [1.82, 2.24) is 0 Å². The molecule has 2 unspecified atom stereocenters. The van der Waals surface area contributed by atoms with Gasteiger partial charge >= 0.3 is 0 Å². The Kier molecular flexibility index (Phi) is 2.85. The van der Waals surface area contributed by atoms with Gasteiger partial charge in [0.05, 0.1) is 5.41 Å². The van der Waals surface area contributed by atoms with E-state index in [0.717, 1.165) is 24.0 Å². The van der Waals surface area contributed by atoms with Crippen LogP contribution >= 0.6 is 0 Å². The van der Waals surface area contributed by atoms with Crippen LogP contribution in [0.4, 0.5) is 0 Å². The van der Waals surface area contributed by atoms with Gasteiger partial charge in [0.1, 0.15) is 6.10 Å². The standard InChI is InChI=1S/C14H18O2/c1-10-6-3-4-7-11(10)14(2)9-5-8-12(15)13(14)16/h3-4,6-7,12,15H,5,8-9H2,1-2H3. The maximum atomic E-state index is 12.1. The molecule has 2 rings (SSSR count). The molecule has 1 aliphatic rings. The van der Waals surface area contributed by atoms with Gasteiger partial charge < -0.3 is 5.11 Å². The van der Waals surface area contributed by atoms with E-state index in [-0.39, 0.29) is 5.78 Å². The Morgan fingerprint density at radius 3 is 2.75 bits per heavy atom. The molecule has 0 amide bonds. The number of aliphatic hydroxyl groups excluding tert-OH is 1.